The third-order valence-electron chi connectivity index (χ3n) is 2.76. The summed E-state index contributed by atoms with van der Waals surface area (Å²) in [6.45, 7) is 3.90. The molecular weight excluding hydrogens is 216 g/mol. The van der Waals surface area contributed by atoms with Crippen LogP contribution in [0.3, 0.4) is 0 Å². The van der Waals surface area contributed by atoms with Crippen molar-refractivity contribution in [1.29, 1.82) is 0 Å². The van der Waals surface area contributed by atoms with Gasteiger partial charge in [-0.2, -0.15) is 0 Å². The van der Waals surface area contributed by atoms with Crippen molar-refractivity contribution in [3.05, 3.63) is 30.1 Å². The van der Waals surface area contributed by atoms with Crippen LogP contribution in [0.4, 0.5) is 0 Å². The van der Waals surface area contributed by atoms with E-state index in [0.717, 1.165) is 5.69 Å². The Balaban J connectivity index is 2.27. The SMILES string of the molecule is CCC(C)(O)CNC(=O)CCc1ccccn1. The highest BCUT2D eigenvalue weighted by atomic mass is 16.3. The van der Waals surface area contributed by atoms with E-state index in [9.17, 15) is 9.90 Å². The predicted octanol–water partition coefficient (Wildman–Crippen LogP) is 1.29. The Morgan fingerprint density at radius 1 is 1.53 bits per heavy atom. The monoisotopic (exact) mass is 236 g/mol. The van der Waals surface area contributed by atoms with Gasteiger partial charge in [-0.25, -0.2) is 0 Å². The Hall–Kier alpha value is -1.42. The molecule has 1 atom stereocenters. The van der Waals surface area contributed by atoms with Gasteiger partial charge < -0.3 is 10.4 Å². The summed E-state index contributed by atoms with van der Waals surface area (Å²) >= 11 is 0. The number of nitrogens with zero attached hydrogens (tertiary/aromatic N) is 1. The summed E-state index contributed by atoms with van der Waals surface area (Å²) in [5.74, 6) is -0.0515. The van der Waals surface area contributed by atoms with Crippen molar-refractivity contribution in [3.63, 3.8) is 0 Å². The predicted molar refractivity (Wildman–Crippen MR) is 66.5 cm³/mol. The fourth-order valence-electron chi connectivity index (χ4n) is 1.29. The molecule has 0 radical (unpaired) electrons. The summed E-state index contributed by atoms with van der Waals surface area (Å²) < 4.78 is 0. The molecule has 2 N–H and O–H groups in total. The van der Waals surface area contributed by atoms with Gasteiger partial charge in [0.2, 0.25) is 5.91 Å². The first-order valence-electron chi connectivity index (χ1n) is 5.92. The molecule has 1 heterocycles. The molecule has 0 aliphatic heterocycles. The topological polar surface area (TPSA) is 62.2 Å². The number of hydrogen-bond acceptors (Lipinski definition) is 3. The zero-order valence-corrected chi connectivity index (χ0v) is 10.4. The molecule has 4 nitrogen and oxygen atoms in total. The van der Waals surface area contributed by atoms with E-state index in [-0.39, 0.29) is 5.91 Å². The third-order valence-corrected chi connectivity index (χ3v) is 2.76. The zero-order chi connectivity index (χ0) is 12.7. The maximum atomic E-state index is 11.5. The minimum atomic E-state index is -0.819. The molecule has 0 fully saturated rings. The van der Waals surface area contributed by atoms with Crippen molar-refractivity contribution in [2.24, 2.45) is 0 Å². The lowest BCUT2D eigenvalue weighted by atomic mass is 10.0. The lowest BCUT2D eigenvalue weighted by Gasteiger charge is -2.21. The van der Waals surface area contributed by atoms with Crippen molar-refractivity contribution in [2.45, 2.75) is 38.7 Å². The van der Waals surface area contributed by atoms with Crippen molar-refractivity contribution in [2.75, 3.05) is 6.54 Å². The standard InChI is InChI=1S/C13H20N2O2/c1-3-13(2,17)10-15-12(16)8-7-11-6-4-5-9-14-11/h4-6,9,17H,3,7-8,10H2,1-2H3,(H,15,16). The second kappa shape index (κ2) is 6.35. The van der Waals surface area contributed by atoms with Crippen molar-refractivity contribution in [1.82, 2.24) is 10.3 Å². The molecule has 94 valence electrons. The van der Waals surface area contributed by atoms with Crippen LogP contribution in [0.15, 0.2) is 24.4 Å². The van der Waals surface area contributed by atoms with Gasteiger partial charge in [-0.05, 0) is 31.9 Å². The van der Waals surface area contributed by atoms with Crippen molar-refractivity contribution >= 4 is 5.91 Å². The second-order valence-electron chi connectivity index (χ2n) is 4.45. The molecule has 0 aromatic carbocycles. The fraction of sp³-hybridized carbons (Fsp3) is 0.538. The summed E-state index contributed by atoms with van der Waals surface area (Å²) in [7, 11) is 0. The third kappa shape index (κ3) is 5.45. The Morgan fingerprint density at radius 2 is 2.29 bits per heavy atom. The maximum Gasteiger partial charge on any atom is 0.220 e. The first-order chi connectivity index (χ1) is 8.03. The molecule has 0 aliphatic carbocycles. The van der Waals surface area contributed by atoms with Crippen LogP contribution in [0.5, 0.6) is 0 Å². The van der Waals surface area contributed by atoms with Gasteiger partial charge in [0.15, 0.2) is 0 Å². The lowest BCUT2D eigenvalue weighted by molar-refractivity contribution is -0.122. The number of pyridine rings is 1. The quantitative estimate of drug-likeness (QED) is 0.782. The highest BCUT2D eigenvalue weighted by Gasteiger charge is 2.18. The van der Waals surface area contributed by atoms with E-state index < -0.39 is 5.60 Å². The summed E-state index contributed by atoms with van der Waals surface area (Å²) in [5.41, 5.74) is 0.0885. The number of carbonyl (C=O) groups is 1. The number of carbonyl (C=O) groups excluding carboxylic acids is 1. The van der Waals surface area contributed by atoms with Crippen molar-refractivity contribution in [3.8, 4) is 0 Å². The first-order valence-corrected chi connectivity index (χ1v) is 5.92. The van der Waals surface area contributed by atoms with Gasteiger partial charge in [0.05, 0.1) is 5.60 Å². The number of aliphatic hydroxyl groups is 1. The van der Waals surface area contributed by atoms with Crippen LogP contribution in [0.25, 0.3) is 0 Å². The lowest BCUT2D eigenvalue weighted by Crippen LogP contribution is -2.40. The van der Waals surface area contributed by atoms with Gasteiger partial charge >= 0.3 is 0 Å². The molecule has 0 aliphatic rings. The number of aromatic nitrogens is 1. The molecule has 1 unspecified atom stereocenters. The summed E-state index contributed by atoms with van der Waals surface area (Å²) in [6.07, 6.45) is 3.36. The van der Waals surface area contributed by atoms with E-state index in [1.54, 1.807) is 13.1 Å². The summed E-state index contributed by atoms with van der Waals surface area (Å²) in [4.78, 5) is 15.7. The minimum Gasteiger partial charge on any atom is -0.388 e. The van der Waals surface area contributed by atoms with Crippen molar-refractivity contribution < 1.29 is 9.90 Å². The normalized spacial score (nSPS) is 14.1. The molecule has 1 aromatic rings. The number of hydrogen-bond donors (Lipinski definition) is 2. The number of aryl methyl sites for hydroxylation is 1. The Morgan fingerprint density at radius 3 is 2.88 bits per heavy atom. The molecule has 1 amide bonds. The van der Waals surface area contributed by atoms with E-state index in [4.69, 9.17) is 0 Å². The Bertz CT molecular complexity index is 350. The number of rotatable bonds is 6. The van der Waals surface area contributed by atoms with E-state index in [1.165, 1.54) is 0 Å². The van der Waals surface area contributed by atoms with Crippen LogP contribution in [0.1, 0.15) is 32.4 Å². The average Bonchev–Trinajstić information content (AvgIpc) is 2.35. The molecule has 0 spiro atoms. The Labute approximate surface area is 102 Å². The molecule has 0 bridgehead atoms. The van der Waals surface area contributed by atoms with E-state index in [2.05, 4.69) is 10.3 Å². The second-order valence-corrected chi connectivity index (χ2v) is 4.45. The van der Waals surface area contributed by atoms with Crippen LogP contribution in [0, 0.1) is 0 Å². The number of amides is 1. The Kier molecular flexibility index (Phi) is 5.10. The highest BCUT2D eigenvalue weighted by molar-refractivity contribution is 5.76. The van der Waals surface area contributed by atoms with E-state index in [0.29, 0.717) is 25.8 Å². The van der Waals surface area contributed by atoms with Crippen LogP contribution in [0.2, 0.25) is 0 Å². The van der Waals surface area contributed by atoms with Gasteiger partial charge in [0.1, 0.15) is 0 Å². The van der Waals surface area contributed by atoms with Gasteiger partial charge in [-0.3, -0.25) is 9.78 Å². The smallest absolute Gasteiger partial charge is 0.220 e. The minimum absolute atomic E-state index is 0.0515. The van der Waals surface area contributed by atoms with Crippen LogP contribution in [-0.2, 0) is 11.2 Å². The summed E-state index contributed by atoms with van der Waals surface area (Å²) in [5, 5.41) is 12.5. The molecule has 0 saturated heterocycles. The van der Waals surface area contributed by atoms with Crippen LogP contribution >= 0.6 is 0 Å². The first kappa shape index (κ1) is 13.6. The van der Waals surface area contributed by atoms with Crippen LogP contribution < -0.4 is 5.32 Å². The van der Waals surface area contributed by atoms with Gasteiger partial charge in [-0.15, -0.1) is 0 Å². The fourth-order valence-corrected chi connectivity index (χ4v) is 1.29. The zero-order valence-electron chi connectivity index (χ0n) is 10.4. The molecule has 1 rings (SSSR count). The van der Waals surface area contributed by atoms with Gasteiger partial charge in [-0.1, -0.05) is 13.0 Å². The van der Waals surface area contributed by atoms with Gasteiger partial charge in [0, 0.05) is 24.9 Å². The maximum absolute atomic E-state index is 11.5. The molecule has 1 aromatic heterocycles. The highest BCUT2D eigenvalue weighted by Crippen LogP contribution is 2.06. The van der Waals surface area contributed by atoms with E-state index >= 15 is 0 Å². The summed E-state index contributed by atoms with van der Waals surface area (Å²) in [6, 6.07) is 5.65. The van der Waals surface area contributed by atoms with Crippen LogP contribution in [-0.4, -0.2) is 28.1 Å². The molecule has 0 saturated carbocycles. The van der Waals surface area contributed by atoms with Gasteiger partial charge in [0.25, 0.3) is 0 Å². The molecular formula is C13H20N2O2. The average molecular weight is 236 g/mol. The number of nitrogens with one attached hydrogen (secondary N) is 1. The molecule has 17 heavy (non-hydrogen) atoms. The van der Waals surface area contributed by atoms with E-state index in [1.807, 2.05) is 25.1 Å². The molecule has 4 heteroatoms. The largest absolute Gasteiger partial charge is 0.388 e.